The van der Waals surface area contributed by atoms with Gasteiger partial charge in [-0.15, -0.1) is 0 Å². The highest BCUT2D eigenvalue weighted by Crippen LogP contribution is 2.52. The first-order valence-corrected chi connectivity index (χ1v) is 5.19. The van der Waals surface area contributed by atoms with E-state index >= 15 is 0 Å². The Morgan fingerprint density at radius 2 is 2.12 bits per heavy atom. The van der Waals surface area contributed by atoms with E-state index in [1.165, 1.54) is 19.2 Å². The van der Waals surface area contributed by atoms with Crippen LogP contribution in [0.3, 0.4) is 0 Å². The number of aliphatic carboxylic acids is 1. The van der Waals surface area contributed by atoms with Crippen LogP contribution in [-0.2, 0) is 10.2 Å². The third kappa shape index (κ3) is 1.50. The third-order valence-electron chi connectivity index (χ3n) is 2.94. The zero-order valence-corrected chi connectivity index (χ0v) is 9.41. The van der Waals surface area contributed by atoms with Gasteiger partial charge in [-0.25, -0.2) is 0 Å². The molecule has 0 bridgehead atoms. The molecule has 0 spiro atoms. The van der Waals surface area contributed by atoms with Crippen LogP contribution in [0.2, 0.25) is 5.02 Å². The van der Waals surface area contributed by atoms with E-state index in [9.17, 15) is 9.90 Å². The van der Waals surface area contributed by atoms with Crippen LogP contribution in [0.4, 0.5) is 0 Å². The molecular weight excluding hydrogens is 232 g/mol. The van der Waals surface area contributed by atoms with Crippen molar-refractivity contribution in [3.63, 3.8) is 0 Å². The topological polar surface area (TPSA) is 66.8 Å². The van der Waals surface area contributed by atoms with Gasteiger partial charge in [0.1, 0.15) is 0 Å². The third-order valence-corrected chi connectivity index (χ3v) is 3.26. The predicted molar refractivity (Wildman–Crippen MR) is 58.2 cm³/mol. The van der Waals surface area contributed by atoms with Crippen molar-refractivity contribution < 1.29 is 19.7 Å². The number of benzene rings is 1. The van der Waals surface area contributed by atoms with Gasteiger partial charge in [-0.2, -0.15) is 0 Å². The minimum Gasteiger partial charge on any atom is -0.504 e. The van der Waals surface area contributed by atoms with Crippen molar-refractivity contribution in [3.05, 3.63) is 22.7 Å². The molecule has 4 nitrogen and oxygen atoms in total. The average molecular weight is 243 g/mol. The van der Waals surface area contributed by atoms with Crippen molar-refractivity contribution in [2.45, 2.75) is 18.3 Å². The Morgan fingerprint density at radius 3 is 2.56 bits per heavy atom. The summed E-state index contributed by atoms with van der Waals surface area (Å²) in [5.74, 6) is -0.747. The molecule has 86 valence electrons. The minimum absolute atomic E-state index is 0.0885. The van der Waals surface area contributed by atoms with Gasteiger partial charge in [-0.05, 0) is 24.5 Å². The number of carboxylic acid groups (broad SMARTS) is 1. The lowest BCUT2D eigenvalue weighted by Gasteiger charge is -2.14. The number of methoxy groups -OCH3 is 1. The van der Waals surface area contributed by atoms with E-state index in [1.54, 1.807) is 0 Å². The Morgan fingerprint density at radius 1 is 1.50 bits per heavy atom. The van der Waals surface area contributed by atoms with Crippen LogP contribution in [0.1, 0.15) is 18.4 Å². The summed E-state index contributed by atoms with van der Waals surface area (Å²) in [7, 11) is 1.41. The summed E-state index contributed by atoms with van der Waals surface area (Å²) in [5, 5.41) is 19.1. The molecule has 0 saturated heterocycles. The summed E-state index contributed by atoms with van der Waals surface area (Å²) >= 11 is 5.99. The standard InChI is InChI=1S/C11H11ClO4/c1-16-9-5-7(12)6(4-8(9)13)11(2-3-11)10(14)15/h4-5,13H,2-3H2,1H3,(H,14,15). The number of carbonyl (C=O) groups is 1. The molecule has 0 aromatic heterocycles. The highest BCUT2D eigenvalue weighted by atomic mass is 35.5. The second-order valence-corrected chi connectivity index (χ2v) is 4.30. The number of hydrogen-bond donors (Lipinski definition) is 2. The predicted octanol–water partition coefficient (Wildman–Crippen LogP) is 2.17. The van der Waals surface area contributed by atoms with Crippen molar-refractivity contribution in [2.24, 2.45) is 0 Å². The summed E-state index contributed by atoms with van der Waals surface area (Å²) in [6.45, 7) is 0. The quantitative estimate of drug-likeness (QED) is 0.853. The van der Waals surface area contributed by atoms with Gasteiger partial charge < -0.3 is 14.9 Å². The van der Waals surface area contributed by atoms with E-state index in [4.69, 9.17) is 21.4 Å². The first-order valence-electron chi connectivity index (χ1n) is 4.81. The largest absolute Gasteiger partial charge is 0.504 e. The monoisotopic (exact) mass is 242 g/mol. The van der Waals surface area contributed by atoms with Gasteiger partial charge in [0.2, 0.25) is 0 Å². The lowest BCUT2D eigenvalue weighted by Crippen LogP contribution is -2.19. The van der Waals surface area contributed by atoms with E-state index in [0.717, 1.165) is 0 Å². The maximum atomic E-state index is 11.1. The van der Waals surface area contributed by atoms with E-state index in [0.29, 0.717) is 23.4 Å². The highest BCUT2D eigenvalue weighted by Gasteiger charge is 2.53. The Labute approximate surface area is 97.4 Å². The van der Waals surface area contributed by atoms with Crippen LogP contribution < -0.4 is 4.74 Å². The molecule has 1 fully saturated rings. The fraction of sp³-hybridized carbons (Fsp3) is 0.364. The molecule has 5 heteroatoms. The smallest absolute Gasteiger partial charge is 0.314 e. The summed E-state index contributed by atoms with van der Waals surface area (Å²) in [4.78, 5) is 11.1. The molecule has 2 rings (SSSR count). The summed E-state index contributed by atoms with van der Waals surface area (Å²) in [6, 6.07) is 2.82. The Bertz CT molecular complexity index is 452. The van der Waals surface area contributed by atoms with Gasteiger partial charge >= 0.3 is 5.97 Å². The van der Waals surface area contributed by atoms with Gasteiger partial charge in [0.25, 0.3) is 0 Å². The first-order chi connectivity index (χ1) is 7.51. The molecule has 0 atom stereocenters. The number of ether oxygens (including phenoxy) is 1. The molecule has 2 N–H and O–H groups in total. The van der Waals surface area contributed by atoms with Gasteiger partial charge in [-0.1, -0.05) is 11.6 Å². The Kier molecular flexibility index (Phi) is 2.46. The number of rotatable bonds is 3. The van der Waals surface area contributed by atoms with Gasteiger partial charge in [0.15, 0.2) is 11.5 Å². The number of hydrogen-bond acceptors (Lipinski definition) is 3. The number of carboxylic acids is 1. The molecule has 1 aliphatic carbocycles. The molecular formula is C11H11ClO4. The normalized spacial score (nSPS) is 16.9. The fourth-order valence-corrected chi connectivity index (χ4v) is 2.13. The molecule has 1 aromatic rings. The van der Waals surface area contributed by atoms with Crippen molar-refractivity contribution in [2.75, 3.05) is 7.11 Å². The molecule has 1 saturated carbocycles. The zero-order chi connectivity index (χ0) is 11.9. The van der Waals surface area contributed by atoms with Crippen LogP contribution in [0, 0.1) is 0 Å². The number of phenolic OH excluding ortho intramolecular Hbond substituents is 1. The van der Waals surface area contributed by atoms with Crippen molar-refractivity contribution in [1.29, 1.82) is 0 Å². The molecule has 1 aliphatic rings. The number of aromatic hydroxyl groups is 1. The lowest BCUT2D eigenvalue weighted by atomic mass is 9.95. The van der Waals surface area contributed by atoms with E-state index in [2.05, 4.69) is 0 Å². The van der Waals surface area contributed by atoms with Crippen LogP contribution in [-0.4, -0.2) is 23.3 Å². The lowest BCUT2D eigenvalue weighted by molar-refractivity contribution is -0.140. The number of phenols is 1. The van der Waals surface area contributed by atoms with E-state index < -0.39 is 11.4 Å². The molecule has 16 heavy (non-hydrogen) atoms. The van der Waals surface area contributed by atoms with Crippen molar-refractivity contribution in [1.82, 2.24) is 0 Å². The fourth-order valence-electron chi connectivity index (χ4n) is 1.80. The molecule has 1 aromatic carbocycles. The number of halogens is 1. The summed E-state index contributed by atoms with van der Waals surface area (Å²) in [6.07, 6.45) is 1.10. The Hall–Kier alpha value is -1.42. The van der Waals surface area contributed by atoms with Crippen LogP contribution in [0.5, 0.6) is 11.5 Å². The first kappa shape index (κ1) is 11.1. The highest BCUT2D eigenvalue weighted by molar-refractivity contribution is 6.32. The maximum absolute atomic E-state index is 11.1. The Balaban J connectivity index is 2.51. The van der Waals surface area contributed by atoms with Gasteiger partial charge in [0, 0.05) is 11.1 Å². The van der Waals surface area contributed by atoms with Gasteiger partial charge in [-0.3, -0.25) is 4.79 Å². The molecule has 0 heterocycles. The van der Waals surface area contributed by atoms with Gasteiger partial charge in [0.05, 0.1) is 12.5 Å². The van der Waals surface area contributed by atoms with Crippen molar-refractivity contribution >= 4 is 17.6 Å². The SMILES string of the molecule is COc1cc(Cl)c(C2(C(=O)O)CC2)cc1O. The molecule has 0 aliphatic heterocycles. The molecule has 0 unspecified atom stereocenters. The van der Waals surface area contributed by atoms with Crippen LogP contribution in [0.25, 0.3) is 0 Å². The summed E-state index contributed by atoms with van der Waals surface area (Å²) in [5.41, 5.74) is -0.458. The molecule has 0 amide bonds. The van der Waals surface area contributed by atoms with Crippen molar-refractivity contribution in [3.8, 4) is 11.5 Å². The minimum atomic E-state index is -0.916. The summed E-state index contributed by atoms with van der Waals surface area (Å²) < 4.78 is 4.89. The maximum Gasteiger partial charge on any atom is 0.314 e. The molecule has 0 radical (unpaired) electrons. The zero-order valence-electron chi connectivity index (χ0n) is 8.66. The second-order valence-electron chi connectivity index (χ2n) is 3.89. The second kappa shape index (κ2) is 3.56. The van der Waals surface area contributed by atoms with Crippen LogP contribution in [0.15, 0.2) is 12.1 Å². The van der Waals surface area contributed by atoms with E-state index in [1.807, 2.05) is 0 Å². The average Bonchev–Trinajstić information content (AvgIpc) is 3.01. The van der Waals surface area contributed by atoms with E-state index in [-0.39, 0.29) is 11.5 Å². The van der Waals surface area contributed by atoms with Crippen LogP contribution >= 0.6 is 11.6 Å².